The summed E-state index contributed by atoms with van der Waals surface area (Å²) in [5.74, 6) is 6.52. The Labute approximate surface area is 193 Å². The number of aromatic carboxylic acids is 1. The topological polar surface area (TPSA) is 95.9 Å². The van der Waals surface area contributed by atoms with Crippen LogP contribution < -0.4 is 0 Å². The van der Waals surface area contributed by atoms with E-state index < -0.39 is 5.97 Å². The summed E-state index contributed by atoms with van der Waals surface area (Å²) in [4.78, 5) is 28.9. The van der Waals surface area contributed by atoms with Gasteiger partial charge in [-0.2, -0.15) is 5.10 Å². The van der Waals surface area contributed by atoms with Gasteiger partial charge in [0.25, 0.3) is 0 Å². The maximum Gasteiger partial charge on any atom is 0.336 e. The minimum atomic E-state index is -0.948. The standard InChI is InChI=1S/C27H27N3O3/c1-2-3-7-18-8-6-9-21(16-18)25(31)26-28-24(29-30-26)17-19-12-14-20(15-13-19)22-10-4-5-11-23(22)27(32)33/h4-5,10-15,18,21H,6-9,16-17H2,1H3,(H,32,33)(H,28,29,30). The van der Waals surface area contributed by atoms with Crippen LogP contribution in [0.4, 0.5) is 0 Å². The van der Waals surface area contributed by atoms with Gasteiger partial charge in [-0.15, -0.1) is 11.8 Å². The van der Waals surface area contributed by atoms with Crippen molar-refractivity contribution in [2.24, 2.45) is 11.8 Å². The van der Waals surface area contributed by atoms with Crippen LogP contribution in [0.2, 0.25) is 0 Å². The van der Waals surface area contributed by atoms with E-state index >= 15 is 0 Å². The Balaban J connectivity index is 1.42. The Kier molecular flexibility index (Phi) is 6.99. The van der Waals surface area contributed by atoms with Gasteiger partial charge >= 0.3 is 5.97 Å². The van der Waals surface area contributed by atoms with Crippen molar-refractivity contribution in [2.45, 2.75) is 45.4 Å². The van der Waals surface area contributed by atoms with E-state index in [1.54, 1.807) is 18.2 Å². The molecule has 3 aromatic rings. The molecule has 4 rings (SSSR count). The van der Waals surface area contributed by atoms with Gasteiger partial charge in [-0.05, 0) is 54.9 Å². The second-order valence-electron chi connectivity index (χ2n) is 8.55. The van der Waals surface area contributed by atoms with E-state index in [-0.39, 0.29) is 23.1 Å². The van der Waals surface area contributed by atoms with Gasteiger partial charge in [0.05, 0.1) is 5.56 Å². The van der Waals surface area contributed by atoms with Crippen LogP contribution in [0.3, 0.4) is 0 Å². The Morgan fingerprint density at radius 3 is 2.67 bits per heavy atom. The number of nitrogens with zero attached hydrogens (tertiary/aromatic N) is 2. The largest absolute Gasteiger partial charge is 0.478 e. The van der Waals surface area contributed by atoms with Crippen LogP contribution in [0.1, 0.15) is 71.4 Å². The third-order valence-electron chi connectivity index (χ3n) is 6.27. The predicted octanol–water partition coefficient (Wildman–Crippen LogP) is 5.16. The fraction of sp³-hybridized carbons (Fsp3) is 0.333. The first kappa shape index (κ1) is 22.5. The third-order valence-corrected chi connectivity index (χ3v) is 6.27. The lowest BCUT2D eigenvalue weighted by Crippen LogP contribution is -2.24. The summed E-state index contributed by atoms with van der Waals surface area (Å²) < 4.78 is 0. The summed E-state index contributed by atoms with van der Waals surface area (Å²) in [6, 6.07) is 14.6. The SMILES string of the molecule is CC#CCC1CCCC(C(=O)c2n[nH]c(Cc3ccc(-c4ccccc4C(=O)O)cc3)n2)C1. The number of carbonyl (C=O) groups excluding carboxylic acids is 1. The number of aromatic amines is 1. The van der Waals surface area contributed by atoms with E-state index in [9.17, 15) is 14.7 Å². The molecule has 2 atom stereocenters. The number of rotatable bonds is 7. The summed E-state index contributed by atoms with van der Waals surface area (Å²) in [5, 5.41) is 16.5. The molecule has 33 heavy (non-hydrogen) atoms. The zero-order valence-corrected chi connectivity index (χ0v) is 18.7. The Hall–Kier alpha value is -3.72. The highest BCUT2D eigenvalue weighted by atomic mass is 16.4. The minimum absolute atomic E-state index is 0.0206. The zero-order valence-electron chi connectivity index (χ0n) is 18.7. The number of nitrogens with one attached hydrogen (secondary N) is 1. The lowest BCUT2D eigenvalue weighted by Gasteiger charge is -2.26. The molecule has 1 heterocycles. The van der Waals surface area contributed by atoms with Gasteiger partial charge in [0.15, 0.2) is 0 Å². The average Bonchev–Trinajstić information content (AvgIpc) is 3.31. The molecule has 0 bridgehead atoms. The van der Waals surface area contributed by atoms with Gasteiger partial charge < -0.3 is 5.11 Å². The first-order valence-corrected chi connectivity index (χ1v) is 11.3. The Bertz CT molecular complexity index is 1200. The van der Waals surface area contributed by atoms with Gasteiger partial charge in [-0.3, -0.25) is 9.89 Å². The highest BCUT2D eigenvalue weighted by molar-refractivity contribution is 5.96. The van der Waals surface area contributed by atoms with E-state index in [0.717, 1.165) is 43.2 Å². The molecular weight excluding hydrogens is 414 g/mol. The molecule has 2 aromatic carbocycles. The number of hydrogen-bond acceptors (Lipinski definition) is 4. The number of carboxylic acid groups (broad SMARTS) is 1. The van der Waals surface area contributed by atoms with E-state index in [0.29, 0.717) is 23.7 Å². The first-order chi connectivity index (χ1) is 16.0. The molecule has 6 nitrogen and oxygen atoms in total. The summed E-state index contributed by atoms with van der Waals surface area (Å²) in [7, 11) is 0. The second-order valence-corrected chi connectivity index (χ2v) is 8.55. The fourth-order valence-electron chi connectivity index (χ4n) is 4.54. The lowest BCUT2D eigenvalue weighted by molar-refractivity contribution is 0.0697. The quantitative estimate of drug-likeness (QED) is 0.390. The number of carbonyl (C=O) groups is 2. The highest BCUT2D eigenvalue weighted by Crippen LogP contribution is 2.32. The van der Waals surface area contributed by atoms with E-state index in [2.05, 4.69) is 27.0 Å². The molecule has 0 spiro atoms. The zero-order chi connectivity index (χ0) is 23.2. The molecule has 0 saturated heterocycles. The number of aromatic nitrogens is 3. The maximum atomic E-state index is 12.9. The molecule has 1 aliphatic rings. The number of ketones is 1. The Morgan fingerprint density at radius 2 is 1.91 bits per heavy atom. The monoisotopic (exact) mass is 441 g/mol. The van der Waals surface area contributed by atoms with Crippen LogP contribution in [-0.2, 0) is 6.42 Å². The van der Waals surface area contributed by atoms with Crippen molar-refractivity contribution in [1.29, 1.82) is 0 Å². The number of hydrogen-bond donors (Lipinski definition) is 2. The summed E-state index contributed by atoms with van der Waals surface area (Å²) in [6.45, 7) is 1.85. The average molecular weight is 442 g/mol. The number of Topliss-reactive ketones (excluding diaryl/α,β-unsaturated/α-hetero) is 1. The van der Waals surface area contributed by atoms with Crippen molar-refractivity contribution in [3.8, 4) is 23.0 Å². The number of benzene rings is 2. The summed E-state index contributed by atoms with van der Waals surface area (Å²) in [5.41, 5.74) is 2.79. The molecule has 0 aliphatic heterocycles. The maximum absolute atomic E-state index is 12.9. The minimum Gasteiger partial charge on any atom is -0.478 e. The summed E-state index contributed by atoms with van der Waals surface area (Å²) in [6.07, 6.45) is 5.29. The van der Waals surface area contributed by atoms with Crippen LogP contribution in [0.25, 0.3) is 11.1 Å². The van der Waals surface area contributed by atoms with Crippen LogP contribution in [0, 0.1) is 23.7 Å². The third kappa shape index (κ3) is 5.38. The molecule has 2 unspecified atom stereocenters. The smallest absolute Gasteiger partial charge is 0.336 e. The van der Waals surface area contributed by atoms with Crippen LogP contribution in [-0.4, -0.2) is 32.0 Å². The summed E-state index contributed by atoms with van der Waals surface area (Å²) >= 11 is 0. The number of carboxylic acids is 1. The molecule has 168 valence electrons. The first-order valence-electron chi connectivity index (χ1n) is 11.3. The molecule has 2 N–H and O–H groups in total. The van der Waals surface area contributed by atoms with Crippen LogP contribution in [0.5, 0.6) is 0 Å². The molecular formula is C27H27N3O3. The van der Waals surface area contributed by atoms with Gasteiger partial charge in [0.1, 0.15) is 5.82 Å². The van der Waals surface area contributed by atoms with Crippen LogP contribution >= 0.6 is 0 Å². The molecule has 6 heteroatoms. The predicted molar refractivity (Wildman–Crippen MR) is 126 cm³/mol. The van der Waals surface area contributed by atoms with Crippen molar-refractivity contribution in [1.82, 2.24) is 15.2 Å². The van der Waals surface area contributed by atoms with Gasteiger partial charge in [-0.25, -0.2) is 9.78 Å². The van der Waals surface area contributed by atoms with E-state index in [1.807, 2.05) is 37.3 Å². The number of H-pyrrole nitrogens is 1. The highest BCUT2D eigenvalue weighted by Gasteiger charge is 2.29. The molecule has 0 radical (unpaired) electrons. The van der Waals surface area contributed by atoms with Crippen molar-refractivity contribution in [3.63, 3.8) is 0 Å². The van der Waals surface area contributed by atoms with Crippen LogP contribution in [0.15, 0.2) is 48.5 Å². The molecule has 1 aromatic heterocycles. The van der Waals surface area contributed by atoms with Gasteiger partial charge in [-0.1, -0.05) is 48.9 Å². The van der Waals surface area contributed by atoms with Crippen molar-refractivity contribution in [2.75, 3.05) is 0 Å². The van der Waals surface area contributed by atoms with E-state index in [4.69, 9.17) is 0 Å². The van der Waals surface area contributed by atoms with E-state index in [1.165, 1.54) is 0 Å². The molecule has 0 amide bonds. The van der Waals surface area contributed by atoms with Gasteiger partial charge in [0.2, 0.25) is 11.6 Å². The van der Waals surface area contributed by atoms with Crippen molar-refractivity contribution < 1.29 is 14.7 Å². The Morgan fingerprint density at radius 1 is 1.12 bits per heavy atom. The molecule has 1 aliphatic carbocycles. The normalized spacial score (nSPS) is 17.7. The van der Waals surface area contributed by atoms with Crippen molar-refractivity contribution in [3.05, 3.63) is 71.3 Å². The molecule has 1 saturated carbocycles. The van der Waals surface area contributed by atoms with Gasteiger partial charge in [0, 0.05) is 18.8 Å². The van der Waals surface area contributed by atoms with Crippen molar-refractivity contribution >= 4 is 11.8 Å². The fourth-order valence-corrected chi connectivity index (χ4v) is 4.54. The lowest BCUT2D eigenvalue weighted by atomic mass is 9.78. The second kappa shape index (κ2) is 10.3. The molecule has 1 fully saturated rings.